The molecule has 0 unspecified atom stereocenters. The van der Waals surface area contributed by atoms with Gasteiger partial charge in [-0.1, -0.05) is 12.8 Å². The molecule has 0 aliphatic carbocycles. The fourth-order valence-electron chi connectivity index (χ4n) is 2.04. The van der Waals surface area contributed by atoms with Crippen LogP contribution in [0.4, 0.5) is 0 Å². The lowest BCUT2D eigenvalue weighted by Crippen LogP contribution is -2.25. The lowest BCUT2D eigenvalue weighted by atomic mass is 10.1. The van der Waals surface area contributed by atoms with Crippen LogP contribution in [0.5, 0.6) is 0 Å². The first-order valence-corrected chi connectivity index (χ1v) is 6.66. The molecule has 1 heterocycles. The molecule has 1 fully saturated rings. The van der Waals surface area contributed by atoms with Crippen LogP contribution >= 0.6 is 0 Å². The smallest absolute Gasteiger partial charge is 0.245 e. The third-order valence-corrected chi connectivity index (χ3v) is 3.29. The first kappa shape index (κ1) is 15.4. The molecule has 0 saturated carbocycles. The van der Waals surface area contributed by atoms with E-state index in [2.05, 4.69) is 0 Å². The summed E-state index contributed by atoms with van der Waals surface area (Å²) in [5.74, 6) is -0.335. The Morgan fingerprint density at radius 2 is 1.83 bits per heavy atom. The maximum absolute atomic E-state index is 11.4. The number of carbonyl (C=O) groups is 1. The molecule has 5 heteroatoms. The van der Waals surface area contributed by atoms with Gasteiger partial charge in [-0.3, -0.25) is 9.63 Å². The summed E-state index contributed by atoms with van der Waals surface area (Å²) in [5, 5.41) is 1.28. The highest BCUT2D eigenvalue weighted by Gasteiger charge is 2.29. The summed E-state index contributed by atoms with van der Waals surface area (Å²) in [7, 11) is 3.14. The Balaban J connectivity index is 1.97. The lowest BCUT2D eigenvalue weighted by molar-refractivity contribution is -0.168. The topological polar surface area (TPSA) is 48.0 Å². The number of unbranched alkanes of at least 4 members (excludes halogenated alkanes) is 3. The van der Waals surface area contributed by atoms with Crippen LogP contribution in [0.15, 0.2) is 0 Å². The zero-order valence-electron chi connectivity index (χ0n) is 11.7. The average molecular weight is 259 g/mol. The molecule has 0 N–H and O–H groups in total. The monoisotopic (exact) mass is 259 g/mol. The third-order valence-electron chi connectivity index (χ3n) is 3.29. The molecule has 0 atom stereocenters. The van der Waals surface area contributed by atoms with Gasteiger partial charge in [-0.15, -0.1) is 0 Å². The first-order valence-electron chi connectivity index (χ1n) is 6.66. The van der Waals surface area contributed by atoms with Crippen LogP contribution in [-0.4, -0.2) is 44.1 Å². The van der Waals surface area contributed by atoms with Crippen LogP contribution in [0.2, 0.25) is 0 Å². The van der Waals surface area contributed by atoms with E-state index in [9.17, 15) is 4.79 Å². The number of hydrogen-bond donors (Lipinski definition) is 0. The fourth-order valence-corrected chi connectivity index (χ4v) is 2.04. The van der Waals surface area contributed by atoms with Crippen molar-refractivity contribution in [1.29, 1.82) is 0 Å². The van der Waals surface area contributed by atoms with Gasteiger partial charge in [-0.25, -0.2) is 5.06 Å². The molecule has 1 aliphatic heterocycles. The van der Waals surface area contributed by atoms with Crippen molar-refractivity contribution in [3.8, 4) is 0 Å². The Labute approximate surface area is 109 Å². The summed E-state index contributed by atoms with van der Waals surface area (Å²) in [5.41, 5.74) is 0. The predicted molar refractivity (Wildman–Crippen MR) is 67.8 cm³/mol. The van der Waals surface area contributed by atoms with Gasteiger partial charge in [0.2, 0.25) is 5.91 Å². The van der Waals surface area contributed by atoms with Gasteiger partial charge in [0, 0.05) is 19.9 Å². The van der Waals surface area contributed by atoms with E-state index in [1.165, 1.54) is 12.2 Å². The fraction of sp³-hybridized carbons (Fsp3) is 0.923. The van der Waals surface area contributed by atoms with E-state index >= 15 is 0 Å². The number of hydrogen-bond acceptors (Lipinski definition) is 4. The van der Waals surface area contributed by atoms with E-state index in [-0.39, 0.29) is 11.7 Å². The summed E-state index contributed by atoms with van der Waals surface area (Å²) in [6.45, 7) is 3.40. The quantitative estimate of drug-likeness (QED) is 0.495. The molecule has 0 aromatic carbocycles. The molecule has 0 bridgehead atoms. The van der Waals surface area contributed by atoms with Gasteiger partial charge in [-0.2, -0.15) is 0 Å². The molecule has 5 nitrogen and oxygen atoms in total. The Morgan fingerprint density at radius 1 is 1.22 bits per heavy atom. The van der Waals surface area contributed by atoms with Crippen molar-refractivity contribution in [2.24, 2.45) is 0 Å². The van der Waals surface area contributed by atoms with Crippen LogP contribution in [0.3, 0.4) is 0 Å². The van der Waals surface area contributed by atoms with Crippen LogP contribution in [0, 0.1) is 0 Å². The van der Waals surface area contributed by atoms with Crippen LogP contribution in [0.25, 0.3) is 0 Å². The zero-order chi connectivity index (χ0) is 13.4. The Bertz CT molecular complexity index is 251. The number of ether oxygens (including phenoxy) is 2. The summed E-state index contributed by atoms with van der Waals surface area (Å²) >= 11 is 0. The van der Waals surface area contributed by atoms with Crippen molar-refractivity contribution in [3.63, 3.8) is 0 Å². The Hall–Kier alpha value is -0.650. The number of nitrogens with zero attached hydrogens (tertiary/aromatic N) is 1. The molecule has 0 spiro atoms. The largest absolute Gasteiger partial charge is 0.348 e. The minimum Gasteiger partial charge on any atom is -0.348 e. The molecule has 0 radical (unpaired) electrons. The predicted octanol–water partition coefficient (Wildman–Crippen LogP) is 2.11. The standard InChI is InChI=1S/C13H25NO4/c1-13(17-10-11-18-13)9-7-5-4-6-8-12(15)14(2)16-3/h4-11H2,1-3H3. The average Bonchev–Trinajstić information content (AvgIpc) is 2.79. The van der Waals surface area contributed by atoms with E-state index in [0.29, 0.717) is 19.6 Å². The van der Waals surface area contributed by atoms with E-state index in [1.807, 2.05) is 6.92 Å². The van der Waals surface area contributed by atoms with Gasteiger partial charge in [0.05, 0.1) is 20.3 Å². The van der Waals surface area contributed by atoms with E-state index in [0.717, 1.165) is 32.1 Å². The number of carbonyl (C=O) groups excluding carboxylic acids is 1. The van der Waals surface area contributed by atoms with Crippen LogP contribution in [-0.2, 0) is 19.1 Å². The van der Waals surface area contributed by atoms with E-state index in [4.69, 9.17) is 14.3 Å². The van der Waals surface area contributed by atoms with Crippen molar-refractivity contribution in [2.75, 3.05) is 27.4 Å². The number of rotatable bonds is 8. The zero-order valence-corrected chi connectivity index (χ0v) is 11.7. The van der Waals surface area contributed by atoms with Crippen molar-refractivity contribution in [1.82, 2.24) is 5.06 Å². The maximum atomic E-state index is 11.4. The van der Waals surface area contributed by atoms with Crippen LogP contribution < -0.4 is 0 Å². The molecule has 1 aliphatic rings. The molecular formula is C13H25NO4. The van der Waals surface area contributed by atoms with E-state index in [1.54, 1.807) is 7.05 Å². The highest BCUT2D eigenvalue weighted by Crippen LogP contribution is 2.25. The Kier molecular flexibility index (Phi) is 6.60. The summed E-state index contributed by atoms with van der Waals surface area (Å²) in [6.07, 6.45) is 5.62. The van der Waals surface area contributed by atoms with Gasteiger partial charge >= 0.3 is 0 Å². The van der Waals surface area contributed by atoms with Crippen molar-refractivity contribution in [3.05, 3.63) is 0 Å². The van der Waals surface area contributed by atoms with Gasteiger partial charge in [-0.05, 0) is 19.8 Å². The highest BCUT2D eigenvalue weighted by atomic mass is 16.7. The van der Waals surface area contributed by atoms with Gasteiger partial charge < -0.3 is 9.47 Å². The number of hydroxylamine groups is 2. The van der Waals surface area contributed by atoms with Crippen molar-refractivity contribution < 1.29 is 19.1 Å². The normalized spacial score (nSPS) is 17.9. The Morgan fingerprint density at radius 3 is 2.44 bits per heavy atom. The molecule has 0 aromatic heterocycles. The molecule has 1 amide bonds. The third kappa shape index (κ3) is 5.33. The highest BCUT2D eigenvalue weighted by molar-refractivity contribution is 5.74. The molecule has 106 valence electrons. The minimum atomic E-state index is -0.369. The molecule has 18 heavy (non-hydrogen) atoms. The SMILES string of the molecule is CON(C)C(=O)CCCCCCC1(C)OCCO1. The van der Waals surface area contributed by atoms with Crippen molar-refractivity contribution in [2.45, 2.75) is 51.2 Å². The first-order chi connectivity index (χ1) is 8.57. The number of amides is 1. The molecule has 1 rings (SSSR count). The molecular weight excluding hydrogens is 234 g/mol. The van der Waals surface area contributed by atoms with Crippen molar-refractivity contribution >= 4 is 5.91 Å². The van der Waals surface area contributed by atoms with Gasteiger partial charge in [0.15, 0.2) is 5.79 Å². The van der Waals surface area contributed by atoms with Gasteiger partial charge in [0.25, 0.3) is 0 Å². The lowest BCUT2D eigenvalue weighted by Gasteiger charge is -2.21. The second-order valence-corrected chi connectivity index (χ2v) is 4.82. The van der Waals surface area contributed by atoms with Crippen LogP contribution in [0.1, 0.15) is 45.4 Å². The molecule has 1 saturated heterocycles. The summed E-state index contributed by atoms with van der Waals surface area (Å²) < 4.78 is 11.1. The van der Waals surface area contributed by atoms with Gasteiger partial charge in [0.1, 0.15) is 0 Å². The maximum Gasteiger partial charge on any atom is 0.245 e. The molecule has 0 aromatic rings. The summed E-state index contributed by atoms with van der Waals surface area (Å²) in [4.78, 5) is 16.2. The minimum absolute atomic E-state index is 0.0342. The summed E-state index contributed by atoms with van der Waals surface area (Å²) in [6, 6.07) is 0. The second kappa shape index (κ2) is 7.71. The van der Waals surface area contributed by atoms with E-state index < -0.39 is 0 Å². The second-order valence-electron chi connectivity index (χ2n) is 4.82.